The van der Waals surface area contributed by atoms with Crippen LogP contribution in [-0.2, 0) is 11.2 Å². The van der Waals surface area contributed by atoms with Crippen LogP contribution in [0.3, 0.4) is 0 Å². The molecule has 0 fully saturated rings. The Morgan fingerprint density at radius 3 is 2.74 bits per heavy atom. The van der Waals surface area contributed by atoms with Gasteiger partial charge in [0.15, 0.2) is 0 Å². The average molecular weight is 265 g/mol. The monoisotopic (exact) mass is 265 g/mol. The Morgan fingerprint density at radius 1 is 1.42 bits per heavy atom. The molecule has 1 amide bonds. The number of amides is 1. The zero-order chi connectivity index (χ0) is 14.2. The smallest absolute Gasteiger partial charge is 0.410 e. The van der Waals surface area contributed by atoms with Gasteiger partial charge >= 0.3 is 6.09 Å². The molecule has 1 aliphatic rings. The highest BCUT2D eigenvalue weighted by Crippen LogP contribution is 2.31. The third-order valence-corrected chi connectivity index (χ3v) is 3.30. The predicted octanol–water partition coefficient (Wildman–Crippen LogP) is 3.68. The van der Waals surface area contributed by atoms with E-state index in [1.54, 1.807) is 11.0 Å². The molecule has 0 saturated heterocycles. The van der Waals surface area contributed by atoms with Gasteiger partial charge in [-0.15, -0.1) is 0 Å². The highest BCUT2D eigenvalue weighted by Gasteiger charge is 2.31. The van der Waals surface area contributed by atoms with Crippen LogP contribution >= 0.6 is 0 Å². The molecule has 0 saturated carbocycles. The second-order valence-electron chi connectivity index (χ2n) is 5.91. The summed E-state index contributed by atoms with van der Waals surface area (Å²) in [7, 11) is 0. The standard InChI is InChI=1S/C15H20FNO2/c1-10-11-6-5-7-13(16)12(11)8-9-17(10)14(18)19-15(2,3)4/h5-7,10H,8-9H2,1-4H3/t10-/m1/s1. The molecule has 1 aliphatic heterocycles. The minimum absolute atomic E-state index is 0.158. The lowest BCUT2D eigenvalue weighted by atomic mass is 9.93. The maximum Gasteiger partial charge on any atom is 0.410 e. The number of nitrogens with zero attached hydrogens (tertiary/aromatic N) is 1. The Kier molecular flexibility index (Phi) is 3.52. The Bertz CT molecular complexity index is 493. The molecule has 1 atom stereocenters. The molecule has 0 radical (unpaired) electrons. The number of ether oxygens (including phenoxy) is 1. The number of carbonyl (C=O) groups excluding carboxylic acids is 1. The number of carbonyl (C=O) groups is 1. The highest BCUT2D eigenvalue weighted by molar-refractivity contribution is 5.69. The fraction of sp³-hybridized carbons (Fsp3) is 0.533. The van der Waals surface area contributed by atoms with Gasteiger partial charge in [-0.25, -0.2) is 9.18 Å². The van der Waals surface area contributed by atoms with Gasteiger partial charge in [0.05, 0.1) is 6.04 Å². The number of rotatable bonds is 0. The summed E-state index contributed by atoms with van der Waals surface area (Å²) in [6.07, 6.45) is 0.195. The summed E-state index contributed by atoms with van der Waals surface area (Å²) >= 11 is 0. The van der Waals surface area contributed by atoms with Crippen LogP contribution in [0.4, 0.5) is 9.18 Å². The summed E-state index contributed by atoms with van der Waals surface area (Å²) in [4.78, 5) is 13.8. The summed E-state index contributed by atoms with van der Waals surface area (Å²) in [5, 5.41) is 0. The quantitative estimate of drug-likeness (QED) is 0.716. The molecule has 104 valence electrons. The number of hydrogen-bond donors (Lipinski definition) is 0. The number of fused-ring (bicyclic) bond motifs is 1. The molecule has 1 heterocycles. The predicted molar refractivity (Wildman–Crippen MR) is 71.5 cm³/mol. The van der Waals surface area contributed by atoms with Gasteiger partial charge in [0, 0.05) is 6.54 Å². The molecule has 4 heteroatoms. The number of halogens is 1. The van der Waals surface area contributed by atoms with Crippen LogP contribution in [0.5, 0.6) is 0 Å². The van der Waals surface area contributed by atoms with Crippen LogP contribution in [0.15, 0.2) is 18.2 Å². The van der Waals surface area contributed by atoms with Crippen molar-refractivity contribution >= 4 is 6.09 Å². The minimum atomic E-state index is -0.515. The number of hydrogen-bond acceptors (Lipinski definition) is 2. The van der Waals surface area contributed by atoms with E-state index in [0.29, 0.717) is 13.0 Å². The van der Waals surface area contributed by atoms with E-state index in [9.17, 15) is 9.18 Å². The van der Waals surface area contributed by atoms with Crippen molar-refractivity contribution in [2.75, 3.05) is 6.54 Å². The Balaban J connectivity index is 2.22. The zero-order valence-electron chi connectivity index (χ0n) is 11.9. The topological polar surface area (TPSA) is 29.5 Å². The van der Waals surface area contributed by atoms with Crippen molar-refractivity contribution in [1.29, 1.82) is 0 Å². The van der Waals surface area contributed by atoms with E-state index in [2.05, 4.69) is 0 Å². The first-order chi connectivity index (χ1) is 8.79. The summed E-state index contributed by atoms with van der Waals surface area (Å²) < 4.78 is 19.1. The normalized spacial score (nSPS) is 19.0. The van der Waals surface area contributed by atoms with E-state index in [-0.39, 0.29) is 18.0 Å². The summed E-state index contributed by atoms with van der Waals surface area (Å²) in [5.41, 5.74) is 1.07. The first-order valence-electron chi connectivity index (χ1n) is 6.56. The molecule has 0 unspecified atom stereocenters. The van der Waals surface area contributed by atoms with Gasteiger partial charge in [-0.2, -0.15) is 0 Å². The van der Waals surface area contributed by atoms with E-state index in [0.717, 1.165) is 11.1 Å². The van der Waals surface area contributed by atoms with Crippen molar-refractivity contribution in [3.63, 3.8) is 0 Å². The Hall–Kier alpha value is -1.58. The van der Waals surface area contributed by atoms with Crippen LogP contribution in [0.25, 0.3) is 0 Å². The van der Waals surface area contributed by atoms with Gasteiger partial charge in [0.25, 0.3) is 0 Å². The highest BCUT2D eigenvalue weighted by atomic mass is 19.1. The minimum Gasteiger partial charge on any atom is -0.444 e. The summed E-state index contributed by atoms with van der Waals surface area (Å²) in [6, 6.07) is 4.87. The van der Waals surface area contributed by atoms with Crippen molar-refractivity contribution < 1.29 is 13.9 Å². The molecule has 2 rings (SSSR count). The first-order valence-corrected chi connectivity index (χ1v) is 6.56. The van der Waals surface area contributed by atoms with Gasteiger partial charge in [-0.05, 0) is 51.3 Å². The molecule has 0 bridgehead atoms. The number of benzene rings is 1. The van der Waals surface area contributed by atoms with Crippen molar-refractivity contribution in [2.24, 2.45) is 0 Å². The van der Waals surface area contributed by atoms with Gasteiger partial charge < -0.3 is 9.64 Å². The molecule has 0 N–H and O–H groups in total. The van der Waals surface area contributed by atoms with E-state index in [1.165, 1.54) is 6.07 Å². The maximum absolute atomic E-state index is 13.7. The van der Waals surface area contributed by atoms with Gasteiger partial charge in [0.2, 0.25) is 0 Å². The van der Waals surface area contributed by atoms with Crippen molar-refractivity contribution in [3.8, 4) is 0 Å². The Morgan fingerprint density at radius 2 is 2.11 bits per heavy atom. The molecule has 1 aromatic carbocycles. The van der Waals surface area contributed by atoms with Crippen LogP contribution in [0, 0.1) is 5.82 Å². The van der Waals surface area contributed by atoms with Gasteiger partial charge in [-0.3, -0.25) is 0 Å². The second kappa shape index (κ2) is 4.83. The molecule has 19 heavy (non-hydrogen) atoms. The van der Waals surface area contributed by atoms with E-state index in [1.807, 2.05) is 33.8 Å². The van der Waals surface area contributed by atoms with Crippen molar-refractivity contribution in [1.82, 2.24) is 4.90 Å². The second-order valence-corrected chi connectivity index (χ2v) is 5.91. The first kappa shape index (κ1) is 13.8. The third-order valence-electron chi connectivity index (χ3n) is 3.30. The van der Waals surface area contributed by atoms with Gasteiger partial charge in [0.1, 0.15) is 11.4 Å². The largest absolute Gasteiger partial charge is 0.444 e. The van der Waals surface area contributed by atoms with Crippen LogP contribution in [-0.4, -0.2) is 23.1 Å². The molecular weight excluding hydrogens is 245 g/mol. The fourth-order valence-corrected chi connectivity index (χ4v) is 2.39. The summed E-state index contributed by atoms with van der Waals surface area (Å²) in [6.45, 7) is 7.92. The molecular formula is C15H20FNO2. The van der Waals surface area contributed by atoms with Crippen molar-refractivity contribution in [3.05, 3.63) is 35.1 Å². The van der Waals surface area contributed by atoms with Crippen LogP contribution < -0.4 is 0 Å². The lowest BCUT2D eigenvalue weighted by molar-refractivity contribution is 0.0158. The fourth-order valence-electron chi connectivity index (χ4n) is 2.39. The summed E-state index contributed by atoms with van der Waals surface area (Å²) in [5.74, 6) is -0.187. The third kappa shape index (κ3) is 2.88. The van der Waals surface area contributed by atoms with E-state index in [4.69, 9.17) is 4.74 Å². The lowest BCUT2D eigenvalue weighted by Gasteiger charge is -2.36. The van der Waals surface area contributed by atoms with Crippen LogP contribution in [0.1, 0.15) is 44.9 Å². The van der Waals surface area contributed by atoms with E-state index >= 15 is 0 Å². The molecule has 3 nitrogen and oxygen atoms in total. The van der Waals surface area contributed by atoms with Gasteiger partial charge in [-0.1, -0.05) is 12.1 Å². The SMILES string of the molecule is C[C@@H]1c2cccc(F)c2CCN1C(=O)OC(C)(C)C. The molecule has 1 aromatic rings. The molecule has 0 aromatic heterocycles. The van der Waals surface area contributed by atoms with Crippen molar-refractivity contribution in [2.45, 2.75) is 45.8 Å². The van der Waals surface area contributed by atoms with Crippen LogP contribution in [0.2, 0.25) is 0 Å². The zero-order valence-corrected chi connectivity index (χ0v) is 11.9. The Labute approximate surface area is 113 Å². The molecule has 0 spiro atoms. The van der Waals surface area contributed by atoms with E-state index < -0.39 is 5.60 Å². The lowest BCUT2D eigenvalue weighted by Crippen LogP contribution is -2.42. The molecule has 0 aliphatic carbocycles. The maximum atomic E-state index is 13.7. The average Bonchev–Trinajstić information content (AvgIpc) is 2.28.